The molecular weight excluding hydrogens is 1120 g/mol. The van der Waals surface area contributed by atoms with E-state index in [4.69, 9.17) is 48.7 Å². The molecule has 6 aromatic rings. The van der Waals surface area contributed by atoms with E-state index in [2.05, 4.69) is 39.9 Å². The maximum absolute atomic E-state index is 13.5. The number of fused-ring (bicyclic) bond motifs is 2. The second-order valence-corrected chi connectivity index (χ2v) is 22.8. The number of rotatable bonds is 18. The van der Waals surface area contributed by atoms with E-state index in [0.29, 0.717) is 0 Å². The molecule has 4 saturated heterocycles. The largest absolute Gasteiger partial charge is 0.469 e. The summed E-state index contributed by atoms with van der Waals surface area (Å²) in [5.41, 5.74) is 6.52. The Morgan fingerprint density at radius 3 is 1.47 bits per heavy atom. The molecule has 36 nitrogen and oxygen atoms in total. The SMILES string of the molecule is Cc1cn([C@H]2C[C@H](OP(=O)(O)O)[C@@H](CC(C[C@H]3O[C@@H](n4cnc5c(N)ncnc54)C[C@@H]3OP(=O)(O)O)(OC[C@H]3O[C@@H](n4cnc5c(N)ncnc54)C[C@@H]3O)[C@H]3O[C@@H](n4cc(C)c(=O)[nH]c4=O)C[C@@H]3OP(=O)(O)O)O2)c(=O)[nH]c1=O. The van der Waals surface area contributed by atoms with Gasteiger partial charge in [-0.25, -0.2) is 53.2 Å². The Morgan fingerprint density at radius 2 is 1.00 bits per heavy atom. The molecule has 0 spiro atoms. The highest BCUT2D eigenvalue weighted by atomic mass is 31.2. The van der Waals surface area contributed by atoms with Crippen LogP contribution < -0.4 is 34.0 Å². The molecule has 0 bridgehead atoms. The van der Waals surface area contributed by atoms with Gasteiger partial charge in [0, 0.05) is 62.0 Å². The highest BCUT2D eigenvalue weighted by molar-refractivity contribution is 7.46. The van der Waals surface area contributed by atoms with E-state index in [1.807, 2.05) is 0 Å². The van der Waals surface area contributed by atoms with Crippen LogP contribution in [0.25, 0.3) is 22.3 Å². The third kappa shape index (κ3) is 11.8. The summed E-state index contributed by atoms with van der Waals surface area (Å²) in [4.78, 5) is 144. The molecule has 0 radical (unpaired) electrons. The molecule has 4 aliphatic heterocycles. The normalized spacial score (nSPS) is 28.6. The van der Waals surface area contributed by atoms with Crippen molar-refractivity contribution in [3.8, 4) is 0 Å². The fraction of sp³-hybridized carbons (Fsp3) is 0.550. The van der Waals surface area contributed by atoms with Crippen LogP contribution in [0.5, 0.6) is 0 Å². The van der Waals surface area contributed by atoms with Crippen molar-refractivity contribution >= 4 is 57.4 Å². The number of aliphatic hydroxyl groups excluding tert-OH is 1. The summed E-state index contributed by atoms with van der Waals surface area (Å²) in [6, 6.07) is 0. The molecular formula is C40H51N14O22P3. The predicted molar refractivity (Wildman–Crippen MR) is 260 cm³/mol. The van der Waals surface area contributed by atoms with E-state index in [-0.39, 0.29) is 51.5 Å². The number of aromatic nitrogens is 12. The number of imidazole rings is 2. The number of nitrogen functional groups attached to an aromatic ring is 2. The van der Waals surface area contributed by atoms with Crippen molar-refractivity contribution in [2.75, 3.05) is 18.1 Å². The van der Waals surface area contributed by atoms with Crippen molar-refractivity contribution in [2.24, 2.45) is 0 Å². The average Bonchev–Trinajstić information content (AvgIpc) is 4.43. The topological polar surface area (TPSA) is 516 Å². The summed E-state index contributed by atoms with van der Waals surface area (Å²) >= 11 is 0. The molecule has 428 valence electrons. The first-order chi connectivity index (χ1) is 37.1. The number of aromatic amines is 2. The van der Waals surface area contributed by atoms with Crippen LogP contribution in [0.15, 0.2) is 56.9 Å². The second kappa shape index (κ2) is 21.2. The third-order valence-electron chi connectivity index (χ3n) is 13.9. The number of aryl methyl sites for hydroxylation is 2. The smallest absolute Gasteiger partial charge is 0.390 e. The van der Waals surface area contributed by atoms with Gasteiger partial charge in [0.1, 0.15) is 84.7 Å². The Morgan fingerprint density at radius 1 is 0.595 bits per heavy atom. The third-order valence-corrected chi connectivity index (χ3v) is 15.5. The van der Waals surface area contributed by atoms with Crippen LogP contribution in [-0.4, -0.2) is 154 Å². The van der Waals surface area contributed by atoms with Gasteiger partial charge in [-0.15, -0.1) is 0 Å². The van der Waals surface area contributed by atoms with Crippen LogP contribution in [0.1, 0.15) is 74.6 Å². The summed E-state index contributed by atoms with van der Waals surface area (Å²) < 4.78 is 92.4. The molecule has 13 atom stereocenters. The summed E-state index contributed by atoms with van der Waals surface area (Å²) in [6.45, 7) is 1.94. The standard InChI is InChI=1S/C40H51N14O22P3/c1-16-9-51(38(58)49-36(16)56)26-4-19(74-77(60,61)62)22(70-26)7-40(31-21(76-79(66,67)68)6-27(73-31)52-10-17(2)37(57)50-39(52)59,69-11-24-18(55)3-25(72-24)53-14-47-29-32(41)43-12-45-34(29)53)8-23-20(75-78(63,64)65)5-28(71-23)54-15-48-30-33(42)44-13-46-35(30)54/h9-10,12-15,18-28,31,55H,3-8,11H2,1-2H3,(H2,41,43,45)(H2,42,44,46)(H,49,56,58)(H,50,57,59)(H2,60,61,62)(H2,63,64,65)(H2,66,67,68)/t18-,19-,20-,21-,22+,23+,24+,25+,26+,27+,28+,31-,40?/m0/s1. The lowest BCUT2D eigenvalue weighted by Gasteiger charge is -2.44. The number of phosphoric ester groups is 3. The molecule has 1 unspecified atom stereocenters. The number of nitrogens with one attached hydrogen (secondary N) is 2. The van der Waals surface area contributed by atoms with Crippen LogP contribution in [0.3, 0.4) is 0 Å². The van der Waals surface area contributed by atoms with Crippen molar-refractivity contribution in [3.05, 3.63) is 90.5 Å². The van der Waals surface area contributed by atoms with Crippen molar-refractivity contribution < 1.29 is 85.4 Å². The molecule has 4 aliphatic rings. The first kappa shape index (κ1) is 56.4. The summed E-state index contributed by atoms with van der Waals surface area (Å²) in [5, 5.41) is 11.7. The fourth-order valence-electron chi connectivity index (χ4n) is 10.5. The van der Waals surface area contributed by atoms with Gasteiger partial charge in [0.15, 0.2) is 22.9 Å². The Hall–Kier alpha value is -5.85. The molecule has 0 aromatic carbocycles. The zero-order chi connectivity index (χ0) is 56.7. The van der Waals surface area contributed by atoms with Crippen molar-refractivity contribution in [1.29, 1.82) is 0 Å². The first-order valence-corrected chi connectivity index (χ1v) is 28.4. The van der Waals surface area contributed by atoms with Gasteiger partial charge in [-0.05, 0) is 13.8 Å². The monoisotopic (exact) mass is 1170 g/mol. The van der Waals surface area contributed by atoms with Crippen LogP contribution >= 0.6 is 23.5 Å². The molecule has 79 heavy (non-hydrogen) atoms. The lowest BCUT2D eigenvalue weighted by molar-refractivity contribution is -0.220. The van der Waals surface area contributed by atoms with Crippen LogP contribution in [0.2, 0.25) is 0 Å². The van der Waals surface area contributed by atoms with Gasteiger partial charge in [-0.3, -0.25) is 51.4 Å². The number of aliphatic hydroxyl groups is 1. The molecule has 0 aliphatic carbocycles. The van der Waals surface area contributed by atoms with E-state index in [0.717, 1.165) is 27.9 Å². The summed E-state index contributed by atoms with van der Waals surface area (Å²) in [6.07, 6.45) is -15.4. The predicted octanol–water partition coefficient (Wildman–Crippen LogP) is -1.97. The quantitative estimate of drug-likeness (QED) is 0.0416. The molecule has 0 saturated carbocycles. The average molecular weight is 1170 g/mol. The number of hydrogen-bond donors (Lipinski definition) is 11. The lowest BCUT2D eigenvalue weighted by Crippen LogP contribution is -2.56. The number of ether oxygens (including phenoxy) is 5. The number of H-pyrrole nitrogens is 2. The minimum Gasteiger partial charge on any atom is -0.390 e. The number of anilines is 2. The number of nitrogens with zero attached hydrogens (tertiary/aromatic N) is 10. The lowest BCUT2D eigenvalue weighted by atomic mass is 9.80. The van der Waals surface area contributed by atoms with Gasteiger partial charge in [0.05, 0.1) is 37.6 Å². The molecule has 6 aromatic heterocycles. The molecule has 4 fully saturated rings. The highest BCUT2D eigenvalue weighted by Crippen LogP contribution is 2.54. The zero-order valence-corrected chi connectivity index (χ0v) is 43.7. The van der Waals surface area contributed by atoms with Crippen LogP contribution in [0, 0.1) is 13.8 Å². The minimum atomic E-state index is -5.66. The molecule has 0 amide bonds. The minimum absolute atomic E-state index is 0.00392. The Bertz CT molecular complexity index is 3690. The highest BCUT2D eigenvalue weighted by Gasteiger charge is 2.59. The van der Waals surface area contributed by atoms with Gasteiger partial charge in [-0.2, -0.15) is 0 Å². The zero-order valence-electron chi connectivity index (χ0n) is 41.1. The van der Waals surface area contributed by atoms with Crippen molar-refractivity contribution in [2.45, 2.75) is 132 Å². The van der Waals surface area contributed by atoms with E-state index in [1.165, 1.54) is 42.0 Å². The Kier molecular flexibility index (Phi) is 15.2. The van der Waals surface area contributed by atoms with Gasteiger partial charge >= 0.3 is 34.8 Å². The Labute approximate surface area is 440 Å². The number of phosphoric acid groups is 3. The molecule has 10 rings (SSSR count). The van der Waals surface area contributed by atoms with E-state index in [9.17, 15) is 67.3 Å². The van der Waals surface area contributed by atoms with Crippen molar-refractivity contribution in [3.63, 3.8) is 0 Å². The van der Waals surface area contributed by atoms with Gasteiger partial charge in [-0.1, -0.05) is 0 Å². The Balaban J connectivity index is 1.14. The first-order valence-electron chi connectivity index (χ1n) is 23.8. The summed E-state index contributed by atoms with van der Waals surface area (Å²) in [7, 11) is -16.7. The fourth-order valence-corrected chi connectivity index (χ4v) is 12.2. The summed E-state index contributed by atoms with van der Waals surface area (Å²) in [5.74, 6) is -0.0184. The molecule has 13 N–H and O–H groups in total. The van der Waals surface area contributed by atoms with Gasteiger partial charge in [0.2, 0.25) is 0 Å². The van der Waals surface area contributed by atoms with Crippen LogP contribution in [-0.2, 0) is 51.0 Å². The van der Waals surface area contributed by atoms with E-state index < -0.39 is 164 Å². The maximum atomic E-state index is 13.5. The maximum Gasteiger partial charge on any atom is 0.469 e. The molecule has 10 heterocycles. The number of hydrogen-bond acceptors (Lipinski definition) is 24. The van der Waals surface area contributed by atoms with Gasteiger partial charge in [0.25, 0.3) is 11.1 Å². The molecule has 39 heteroatoms. The van der Waals surface area contributed by atoms with E-state index in [1.54, 1.807) is 0 Å². The second-order valence-electron chi connectivity index (χ2n) is 19.2. The van der Waals surface area contributed by atoms with Gasteiger partial charge < -0.3 is 69.6 Å². The van der Waals surface area contributed by atoms with E-state index >= 15 is 0 Å². The van der Waals surface area contributed by atoms with Crippen molar-refractivity contribution in [1.82, 2.24) is 58.1 Å². The van der Waals surface area contributed by atoms with Crippen LogP contribution in [0.4, 0.5) is 11.6 Å². The number of nitrogens with two attached hydrogens (primary N) is 2.